The van der Waals surface area contributed by atoms with Crippen molar-refractivity contribution in [3.8, 4) is 11.5 Å². The Morgan fingerprint density at radius 2 is 1.81 bits per heavy atom. The van der Waals surface area contributed by atoms with E-state index in [2.05, 4.69) is 10.0 Å². The zero-order valence-corrected chi connectivity index (χ0v) is 17.2. The first-order chi connectivity index (χ1) is 13.0. The lowest BCUT2D eigenvalue weighted by molar-refractivity contribution is 0.171. The lowest BCUT2D eigenvalue weighted by atomic mass is 9.86. The fourth-order valence-corrected chi connectivity index (χ4v) is 5.29. The van der Waals surface area contributed by atoms with Crippen molar-refractivity contribution < 1.29 is 17.9 Å². The molecule has 1 aliphatic heterocycles. The molecule has 1 atom stereocenters. The van der Waals surface area contributed by atoms with Crippen LogP contribution in [-0.4, -0.2) is 39.5 Å². The van der Waals surface area contributed by atoms with Crippen molar-refractivity contribution in [2.45, 2.75) is 63.7 Å². The summed E-state index contributed by atoms with van der Waals surface area (Å²) in [4.78, 5) is 0. The summed E-state index contributed by atoms with van der Waals surface area (Å²) >= 11 is 0. The molecule has 152 valence electrons. The zero-order chi connectivity index (χ0) is 19.3. The van der Waals surface area contributed by atoms with E-state index in [4.69, 9.17) is 9.47 Å². The zero-order valence-electron chi connectivity index (χ0n) is 16.4. The van der Waals surface area contributed by atoms with Crippen molar-refractivity contribution in [1.29, 1.82) is 0 Å². The fourth-order valence-electron chi connectivity index (χ4n) is 3.81. The van der Waals surface area contributed by atoms with Crippen molar-refractivity contribution in [1.82, 2.24) is 4.72 Å². The first-order valence-electron chi connectivity index (χ1n) is 10.1. The van der Waals surface area contributed by atoms with Gasteiger partial charge < -0.3 is 14.8 Å². The number of sulfonamides is 1. The van der Waals surface area contributed by atoms with Crippen LogP contribution < -0.4 is 19.5 Å². The molecule has 0 radical (unpaired) electrons. The van der Waals surface area contributed by atoms with Gasteiger partial charge in [0.05, 0.1) is 5.25 Å². The van der Waals surface area contributed by atoms with Gasteiger partial charge in [0.1, 0.15) is 13.2 Å². The van der Waals surface area contributed by atoms with Crippen LogP contribution in [0.25, 0.3) is 0 Å². The van der Waals surface area contributed by atoms with E-state index < -0.39 is 10.0 Å². The predicted octanol–water partition coefficient (Wildman–Crippen LogP) is 3.54. The molecule has 1 fully saturated rings. The number of anilines is 1. The van der Waals surface area contributed by atoms with Crippen LogP contribution in [0.5, 0.6) is 11.5 Å². The van der Waals surface area contributed by atoms with E-state index in [9.17, 15) is 8.42 Å². The Labute approximate surface area is 163 Å². The van der Waals surface area contributed by atoms with Gasteiger partial charge in [-0.15, -0.1) is 0 Å². The van der Waals surface area contributed by atoms with Crippen LogP contribution in [0, 0.1) is 5.92 Å². The standard InChI is InChI=1S/C20H32N2O4S/c1-3-4-15(2)27(23,24)22-17-7-5-16(6-8-17)14-21-18-9-10-19-20(13-18)26-12-11-25-19/h9-10,13,15-17,21-22H,3-8,11-12,14H2,1-2H3/t15?,16-,17-. The Morgan fingerprint density at radius 3 is 2.52 bits per heavy atom. The predicted molar refractivity (Wildman–Crippen MR) is 108 cm³/mol. The average Bonchev–Trinajstić information content (AvgIpc) is 2.67. The van der Waals surface area contributed by atoms with Crippen molar-refractivity contribution in [2.24, 2.45) is 5.92 Å². The highest BCUT2D eigenvalue weighted by atomic mass is 32.2. The maximum atomic E-state index is 12.4. The molecule has 3 rings (SSSR count). The van der Waals surface area contributed by atoms with Crippen LogP contribution in [0.1, 0.15) is 52.4 Å². The molecule has 1 aromatic carbocycles. The minimum Gasteiger partial charge on any atom is -0.486 e. The Bertz CT molecular complexity index is 715. The molecule has 0 amide bonds. The molecular weight excluding hydrogens is 364 g/mol. The van der Waals surface area contributed by atoms with Gasteiger partial charge in [-0.1, -0.05) is 13.3 Å². The number of benzene rings is 1. The van der Waals surface area contributed by atoms with Gasteiger partial charge in [-0.25, -0.2) is 13.1 Å². The number of nitrogens with one attached hydrogen (secondary N) is 2. The SMILES string of the molecule is CCCC(C)S(=O)(=O)N[C@H]1CC[C@H](CNc2ccc3c(c2)OCCO3)CC1. The van der Waals surface area contributed by atoms with E-state index >= 15 is 0 Å². The van der Waals surface area contributed by atoms with Crippen LogP contribution in [-0.2, 0) is 10.0 Å². The third-order valence-corrected chi connectivity index (χ3v) is 7.50. The van der Waals surface area contributed by atoms with Gasteiger partial charge in [0.25, 0.3) is 0 Å². The van der Waals surface area contributed by atoms with Crippen LogP contribution >= 0.6 is 0 Å². The van der Waals surface area contributed by atoms with Gasteiger partial charge in [-0.05, 0) is 57.1 Å². The normalized spacial score (nSPS) is 23.6. The molecule has 1 heterocycles. The molecule has 27 heavy (non-hydrogen) atoms. The maximum absolute atomic E-state index is 12.4. The molecule has 1 unspecified atom stereocenters. The second kappa shape index (κ2) is 9.15. The smallest absolute Gasteiger partial charge is 0.214 e. The number of rotatable bonds is 8. The maximum Gasteiger partial charge on any atom is 0.214 e. The summed E-state index contributed by atoms with van der Waals surface area (Å²) in [6, 6.07) is 6.03. The van der Waals surface area contributed by atoms with Gasteiger partial charge >= 0.3 is 0 Å². The molecule has 0 bridgehead atoms. The molecule has 6 nitrogen and oxygen atoms in total. The second-order valence-electron chi connectivity index (χ2n) is 7.72. The number of hydrogen-bond donors (Lipinski definition) is 2. The Balaban J connectivity index is 1.43. The summed E-state index contributed by atoms with van der Waals surface area (Å²) < 4.78 is 38.8. The molecule has 2 N–H and O–H groups in total. The molecule has 0 spiro atoms. The van der Waals surface area contributed by atoms with E-state index in [1.54, 1.807) is 6.92 Å². The first-order valence-corrected chi connectivity index (χ1v) is 11.7. The molecule has 7 heteroatoms. The molecule has 0 saturated heterocycles. The molecule has 1 saturated carbocycles. The highest BCUT2D eigenvalue weighted by Gasteiger charge is 2.27. The van der Waals surface area contributed by atoms with Crippen molar-refractivity contribution in [3.05, 3.63) is 18.2 Å². The van der Waals surface area contributed by atoms with Crippen LogP contribution in [0.4, 0.5) is 5.69 Å². The molecular formula is C20H32N2O4S. The van der Waals surface area contributed by atoms with Gasteiger partial charge in [-0.3, -0.25) is 0 Å². The minimum absolute atomic E-state index is 0.0832. The first kappa shape index (κ1) is 20.3. The average molecular weight is 397 g/mol. The van der Waals surface area contributed by atoms with Gasteiger partial charge in [-0.2, -0.15) is 0 Å². The van der Waals surface area contributed by atoms with E-state index in [0.717, 1.165) is 55.8 Å². The topological polar surface area (TPSA) is 76.7 Å². The Morgan fingerprint density at radius 1 is 1.11 bits per heavy atom. The van der Waals surface area contributed by atoms with Gasteiger partial charge in [0, 0.05) is 24.3 Å². The Hall–Kier alpha value is -1.47. The van der Waals surface area contributed by atoms with Crippen molar-refractivity contribution in [3.63, 3.8) is 0 Å². The van der Waals surface area contributed by atoms with Crippen LogP contribution in [0.3, 0.4) is 0 Å². The van der Waals surface area contributed by atoms with E-state index in [0.29, 0.717) is 25.6 Å². The summed E-state index contributed by atoms with van der Waals surface area (Å²) in [5.41, 5.74) is 1.04. The fraction of sp³-hybridized carbons (Fsp3) is 0.700. The number of ether oxygens (including phenoxy) is 2. The third-order valence-electron chi connectivity index (χ3n) is 5.54. The molecule has 0 aromatic heterocycles. The highest BCUT2D eigenvalue weighted by molar-refractivity contribution is 7.90. The van der Waals surface area contributed by atoms with Crippen LogP contribution in [0.15, 0.2) is 18.2 Å². The summed E-state index contributed by atoms with van der Waals surface area (Å²) in [7, 11) is -3.20. The summed E-state index contributed by atoms with van der Waals surface area (Å²) in [5, 5.41) is 3.18. The third kappa shape index (κ3) is 5.51. The summed E-state index contributed by atoms with van der Waals surface area (Å²) in [6.45, 7) is 5.91. The lowest BCUT2D eigenvalue weighted by Crippen LogP contribution is -2.42. The molecule has 2 aliphatic rings. The Kier molecular flexibility index (Phi) is 6.87. The van der Waals surface area contributed by atoms with Crippen molar-refractivity contribution >= 4 is 15.7 Å². The lowest BCUT2D eigenvalue weighted by Gasteiger charge is -2.30. The summed E-state index contributed by atoms with van der Waals surface area (Å²) in [5.74, 6) is 2.16. The van der Waals surface area contributed by atoms with Gasteiger partial charge in [0.15, 0.2) is 11.5 Å². The largest absolute Gasteiger partial charge is 0.486 e. The highest BCUT2D eigenvalue weighted by Crippen LogP contribution is 2.33. The van der Waals surface area contributed by atoms with E-state index in [-0.39, 0.29) is 11.3 Å². The second-order valence-corrected chi connectivity index (χ2v) is 9.85. The minimum atomic E-state index is -3.20. The monoisotopic (exact) mass is 396 g/mol. The summed E-state index contributed by atoms with van der Waals surface area (Å²) in [6.07, 6.45) is 5.49. The number of fused-ring (bicyclic) bond motifs is 1. The van der Waals surface area contributed by atoms with Gasteiger partial charge in [0.2, 0.25) is 10.0 Å². The van der Waals surface area contributed by atoms with E-state index in [1.807, 2.05) is 25.1 Å². The number of hydrogen-bond acceptors (Lipinski definition) is 5. The molecule has 1 aromatic rings. The quantitative estimate of drug-likeness (QED) is 0.703. The van der Waals surface area contributed by atoms with Crippen LogP contribution in [0.2, 0.25) is 0 Å². The molecule has 1 aliphatic carbocycles. The van der Waals surface area contributed by atoms with Crippen molar-refractivity contribution in [2.75, 3.05) is 25.1 Å². The van der Waals surface area contributed by atoms with E-state index in [1.165, 1.54) is 0 Å².